The number of carbonyl (C=O) groups is 2. The molecule has 1 aromatic rings. The summed E-state index contributed by atoms with van der Waals surface area (Å²) in [5, 5.41) is 25.4. The Kier molecular flexibility index (Phi) is 7.42. The van der Waals surface area contributed by atoms with Gasteiger partial charge in [-0.05, 0) is 64.0 Å². The number of dihydropyridines is 1. The molecule has 2 N–H and O–H groups in total. The van der Waals surface area contributed by atoms with E-state index in [4.69, 9.17) is 9.47 Å². The number of ketones is 1. The van der Waals surface area contributed by atoms with Gasteiger partial charge < -0.3 is 19.9 Å². The molecule has 1 heterocycles. The second-order valence-electron chi connectivity index (χ2n) is 9.36. The summed E-state index contributed by atoms with van der Waals surface area (Å²) < 4.78 is 11.4. The topological polar surface area (TPSA) is 128 Å². The minimum atomic E-state index is -0.851. The largest absolute Gasteiger partial charge is 0.500 e. The van der Waals surface area contributed by atoms with Crippen molar-refractivity contribution in [2.45, 2.75) is 83.7 Å². The number of carbonyl (C=O) groups excluding carboxylic acids is 2. The highest BCUT2D eigenvalue weighted by molar-refractivity contribution is 6.04. The van der Waals surface area contributed by atoms with Gasteiger partial charge in [-0.2, -0.15) is 0 Å². The lowest BCUT2D eigenvalue weighted by atomic mass is 9.75. The number of nitrogens with zero attached hydrogens (tertiary/aromatic N) is 1. The third-order valence-corrected chi connectivity index (χ3v) is 6.98. The van der Waals surface area contributed by atoms with Crippen molar-refractivity contribution in [1.82, 2.24) is 5.32 Å². The summed E-state index contributed by atoms with van der Waals surface area (Å²) in [6.07, 6.45) is 7.26. The van der Waals surface area contributed by atoms with Crippen molar-refractivity contribution in [2.75, 3.05) is 6.61 Å². The number of phenols is 1. The van der Waals surface area contributed by atoms with Crippen LogP contribution in [0.25, 0.3) is 0 Å². The van der Waals surface area contributed by atoms with E-state index in [9.17, 15) is 24.8 Å². The van der Waals surface area contributed by atoms with Gasteiger partial charge in [-0.15, -0.1) is 0 Å². The molecule has 1 aromatic carbocycles. The number of esters is 1. The van der Waals surface area contributed by atoms with E-state index < -0.39 is 28.2 Å². The highest BCUT2D eigenvalue weighted by Crippen LogP contribution is 2.47. The summed E-state index contributed by atoms with van der Waals surface area (Å²) >= 11 is 0. The molecule has 0 aromatic heterocycles. The van der Waals surface area contributed by atoms with Crippen molar-refractivity contribution in [2.24, 2.45) is 0 Å². The van der Waals surface area contributed by atoms with E-state index in [-0.39, 0.29) is 29.8 Å². The van der Waals surface area contributed by atoms with Crippen LogP contribution in [-0.4, -0.2) is 34.5 Å². The molecular weight excluding hydrogens is 452 g/mol. The van der Waals surface area contributed by atoms with Crippen molar-refractivity contribution in [3.8, 4) is 11.5 Å². The van der Waals surface area contributed by atoms with Crippen LogP contribution in [0.5, 0.6) is 11.5 Å². The quantitative estimate of drug-likeness (QED) is 0.252. The lowest BCUT2D eigenvalue weighted by Gasteiger charge is -2.34. The fourth-order valence-corrected chi connectivity index (χ4v) is 5.35. The fourth-order valence-electron chi connectivity index (χ4n) is 5.35. The van der Waals surface area contributed by atoms with Crippen LogP contribution in [0.2, 0.25) is 0 Å². The maximum absolute atomic E-state index is 13.6. The number of allylic oxidation sites excluding steroid dienone is 3. The monoisotopic (exact) mass is 484 g/mol. The molecule has 1 aliphatic heterocycles. The first kappa shape index (κ1) is 24.8. The zero-order valence-electron chi connectivity index (χ0n) is 20.2. The number of phenolic OH excluding ortho intramolecular Hbond substituents is 1. The molecule has 0 radical (unpaired) electrons. The van der Waals surface area contributed by atoms with Gasteiger partial charge in [0, 0.05) is 35.4 Å². The Balaban J connectivity index is 1.83. The highest BCUT2D eigenvalue weighted by atomic mass is 16.6. The molecular formula is C26H32N2O7. The number of rotatable bonds is 6. The van der Waals surface area contributed by atoms with Gasteiger partial charge in [0.2, 0.25) is 5.75 Å². The van der Waals surface area contributed by atoms with E-state index in [0.29, 0.717) is 36.1 Å². The molecule has 1 unspecified atom stereocenters. The van der Waals surface area contributed by atoms with Crippen molar-refractivity contribution in [3.63, 3.8) is 0 Å². The zero-order valence-corrected chi connectivity index (χ0v) is 20.2. The second kappa shape index (κ2) is 10.5. The van der Waals surface area contributed by atoms with Gasteiger partial charge in [-0.3, -0.25) is 14.9 Å². The molecule has 0 spiro atoms. The van der Waals surface area contributed by atoms with Crippen molar-refractivity contribution in [3.05, 3.63) is 50.4 Å². The van der Waals surface area contributed by atoms with Gasteiger partial charge >= 0.3 is 11.7 Å². The minimum Gasteiger partial charge on any atom is -0.500 e. The predicted molar refractivity (Wildman–Crippen MR) is 128 cm³/mol. The number of benzene rings is 1. The zero-order chi connectivity index (χ0) is 25.1. The number of nitro benzene ring substituents is 1. The van der Waals surface area contributed by atoms with Gasteiger partial charge in [0.15, 0.2) is 11.5 Å². The summed E-state index contributed by atoms with van der Waals surface area (Å²) in [5.74, 6) is -2.12. The van der Waals surface area contributed by atoms with Gasteiger partial charge in [0.1, 0.15) is 6.10 Å². The van der Waals surface area contributed by atoms with Crippen LogP contribution in [0.1, 0.15) is 83.1 Å². The van der Waals surface area contributed by atoms with Crippen molar-refractivity contribution in [1.29, 1.82) is 0 Å². The first-order valence-corrected chi connectivity index (χ1v) is 12.4. The normalized spacial score (nSPS) is 21.2. The van der Waals surface area contributed by atoms with Crippen LogP contribution in [-0.2, 0) is 14.3 Å². The van der Waals surface area contributed by atoms with E-state index in [1.54, 1.807) is 13.8 Å². The van der Waals surface area contributed by atoms with E-state index in [1.165, 1.54) is 12.1 Å². The Labute approximate surface area is 204 Å². The number of hydrogen-bond donors (Lipinski definition) is 2. The van der Waals surface area contributed by atoms with Gasteiger partial charge in [0.25, 0.3) is 0 Å². The molecule has 2 aliphatic carbocycles. The first-order chi connectivity index (χ1) is 16.8. The minimum absolute atomic E-state index is 0.0604. The van der Waals surface area contributed by atoms with Crippen LogP contribution < -0.4 is 10.1 Å². The Hall–Kier alpha value is -3.36. The lowest BCUT2D eigenvalue weighted by Crippen LogP contribution is -2.35. The highest BCUT2D eigenvalue weighted by Gasteiger charge is 2.41. The Bertz CT molecular complexity index is 1100. The summed E-state index contributed by atoms with van der Waals surface area (Å²) in [4.78, 5) is 37.8. The fraction of sp³-hybridized carbons (Fsp3) is 0.538. The first-order valence-electron chi connectivity index (χ1n) is 12.4. The van der Waals surface area contributed by atoms with Gasteiger partial charge in [-0.25, -0.2) is 4.79 Å². The third-order valence-electron chi connectivity index (χ3n) is 6.98. The predicted octanol–water partition coefficient (Wildman–Crippen LogP) is 4.93. The molecule has 35 heavy (non-hydrogen) atoms. The molecule has 4 rings (SSSR count). The summed E-state index contributed by atoms with van der Waals surface area (Å²) in [6.45, 7) is 3.64. The van der Waals surface area contributed by atoms with E-state index in [0.717, 1.165) is 44.2 Å². The number of aromatic hydroxyl groups is 1. The van der Waals surface area contributed by atoms with Crippen LogP contribution in [0, 0.1) is 10.1 Å². The molecule has 0 saturated heterocycles. The summed E-state index contributed by atoms with van der Waals surface area (Å²) in [7, 11) is 0. The Morgan fingerprint density at radius 2 is 1.89 bits per heavy atom. The van der Waals surface area contributed by atoms with E-state index in [2.05, 4.69) is 5.32 Å². The second-order valence-corrected chi connectivity index (χ2v) is 9.36. The molecule has 188 valence electrons. The number of Topliss-reactive ketones (excluding diaryl/α,β-unsaturated/α-hetero) is 1. The molecule has 1 atom stereocenters. The number of nitro groups is 1. The summed E-state index contributed by atoms with van der Waals surface area (Å²) in [6, 6.07) is 2.72. The van der Waals surface area contributed by atoms with Crippen molar-refractivity contribution >= 4 is 17.4 Å². The van der Waals surface area contributed by atoms with E-state index >= 15 is 0 Å². The van der Waals surface area contributed by atoms with Gasteiger partial charge in [0.05, 0.1) is 17.1 Å². The van der Waals surface area contributed by atoms with E-state index in [1.807, 2.05) is 0 Å². The Morgan fingerprint density at radius 1 is 1.17 bits per heavy atom. The molecule has 1 saturated carbocycles. The van der Waals surface area contributed by atoms with Crippen molar-refractivity contribution < 1.29 is 29.1 Å². The third kappa shape index (κ3) is 5.04. The van der Waals surface area contributed by atoms with Crippen LogP contribution >= 0.6 is 0 Å². The smallest absolute Gasteiger partial charge is 0.337 e. The molecule has 1 fully saturated rings. The van der Waals surface area contributed by atoms with Crippen LogP contribution in [0.15, 0.2) is 34.7 Å². The molecule has 9 nitrogen and oxygen atoms in total. The van der Waals surface area contributed by atoms with Crippen LogP contribution in [0.3, 0.4) is 0 Å². The lowest BCUT2D eigenvalue weighted by molar-refractivity contribution is -0.386. The molecule has 9 heteroatoms. The average Bonchev–Trinajstić information content (AvgIpc) is 3.08. The standard InChI is InChI=1S/C26H32N2O7/c1-3-34-21-14-16(13-19(25(21)30)28(32)33)23-22(26(31)35-17-9-6-4-5-7-10-17)15(2)27-18-11-8-12-20(29)24(18)23/h13-14,17,23,27,30H,3-12H2,1-2H3. The molecule has 0 bridgehead atoms. The number of nitrogens with one attached hydrogen (secondary N) is 1. The number of ether oxygens (including phenoxy) is 2. The Morgan fingerprint density at radius 3 is 2.54 bits per heavy atom. The summed E-state index contributed by atoms with van der Waals surface area (Å²) in [5.41, 5.74) is 1.79. The maximum Gasteiger partial charge on any atom is 0.337 e. The molecule has 0 amide bonds. The number of hydrogen-bond acceptors (Lipinski definition) is 8. The van der Waals surface area contributed by atoms with Crippen LogP contribution in [0.4, 0.5) is 5.69 Å². The SMILES string of the molecule is CCOc1cc(C2C(C(=O)OC3CCCCCC3)=C(C)NC3=C2C(=O)CCC3)cc([N+](=O)[O-])c1O. The molecule has 3 aliphatic rings. The average molecular weight is 485 g/mol. The maximum atomic E-state index is 13.6. The van der Waals surface area contributed by atoms with Gasteiger partial charge in [-0.1, -0.05) is 12.8 Å².